The number of anilines is 3. The number of hydrogen-bond acceptors (Lipinski definition) is 5. The zero-order valence-electron chi connectivity index (χ0n) is 13.5. The fourth-order valence-corrected chi connectivity index (χ4v) is 2.27. The van der Waals surface area contributed by atoms with E-state index in [-0.39, 0.29) is 11.6 Å². The zero-order chi connectivity index (χ0) is 17.6. The number of carbonyl (C=O) groups is 1. The van der Waals surface area contributed by atoms with Crippen LogP contribution in [0.1, 0.15) is 21.6 Å². The maximum atomic E-state index is 12.2. The largest absolute Gasteiger partial charge is 0.338 e. The molecular formula is C19H15N5O. The summed E-state index contributed by atoms with van der Waals surface area (Å²) >= 11 is 0. The Bertz CT molecular complexity index is 945. The maximum Gasteiger partial charge on any atom is 0.276 e. The van der Waals surface area contributed by atoms with E-state index < -0.39 is 0 Å². The van der Waals surface area contributed by atoms with Crippen molar-refractivity contribution in [3.8, 4) is 6.07 Å². The normalized spacial score (nSPS) is 9.92. The Balaban J connectivity index is 1.71. The minimum absolute atomic E-state index is 0.209. The monoisotopic (exact) mass is 329 g/mol. The quantitative estimate of drug-likeness (QED) is 0.762. The standard InChI is InChI=1S/C19H15N5O/c1-13-5-4-7-15(11-13)21-19(25)17-9-10-18(24-23-17)22-16-8-3-2-6-14(16)12-20/h2-11H,1H3,(H,21,25)(H,22,24). The molecule has 2 aromatic carbocycles. The fraction of sp³-hybridized carbons (Fsp3) is 0.0526. The van der Waals surface area contributed by atoms with Crippen LogP contribution < -0.4 is 10.6 Å². The van der Waals surface area contributed by atoms with Crippen LogP contribution in [0.3, 0.4) is 0 Å². The Hall–Kier alpha value is -3.72. The molecule has 2 N–H and O–H groups in total. The molecule has 0 radical (unpaired) electrons. The predicted octanol–water partition coefficient (Wildman–Crippen LogP) is 3.65. The van der Waals surface area contributed by atoms with Gasteiger partial charge in [0.15, 0.2) is 11.5 Å². The number of amides is 1. The third-order valence-corrected chi connectivity index (χ3v) is 3.48. The third kappa shape index (κ3) is 3.98. The number of nitrogens with one attached hydrogen (secondary N) is 2. The van der Waals surface area contributed by atoms with E-state index in [9.17, 15) is 4.79 Å². The molecule has 0 aliphatic heterocycles. The van der Waals surface area contributed by atoms with E-state index >= 15 is 0 Å². The van der Waals surface area contributed by atoms with Gasteiger partial charge >= 0.3 is 0 Å². The highest BCUT2D eigenvalue weighted by molar-refractivity contribution is 6.02. The summed E-state index contributed by atoms with van der Waals surface area (Å²) < 4.78 is 0. The Kier molecular flexibility index (Phi) is 4.67. The molecule has 3 aromatic rings. The van der Waals surface area contributed by atoms with Gasteiger partial charge in [-0.1, -0.05) is 24.3 Å². The molecule has 0 fully saturated rings. The summed E-state index contributed by atoms with van der Waals surface area (Å²) in [7, 11) is 0. The first-order valence-corrected chi connectivity index (χ1v) is 7.63. The highest BCUT2D eigenvalue weighted by atomic mass is 16.1. The molecule has 1 heterocycles. The Morgan fingerprint density at radius 1 is 1.04 bits per heavy atom. The molecule has 122 valence electrons. The van der Waals surface area contributed by atoms with E-state index in [0.29, 0.717) is 22.8 Å². The first-order chi connectivity index (χ1) is 12.2. The van der Waals surface area contributed by atoms with Crippen LogP contribution in [0.4, 0.5) is 17.2 Å². The van der Waals surface area contributed by atoms with Gasteiger partial charge in [-0.25, -0.2) is 0 Å². The lowest BCUT2D eigenvalue weighted by molar-refractivity contribution is 0.102. The van der Waals surface area contributed by atoms with Gasteiger partial charge in [-0.3, -0.25) is 4.79 Å². The lowest BCUT2D eigenvalue weighted by atomic mass is 10.2. The second-order valence-corrected chi connectivity index (χ2v) is 5.41. The highest BCUT2D eigenvalue weighted by Crippen LogP contribution is 2.18. The molecule has 0 unspecified atom stereocenters. The Morgan fingerprint density at radius 2 is 1.88 bits per heavy atom. The number of benzene rings is 2. The number of para-hydroxylation sites is 1. The molecule has 0 bridgehead atoms. The topological polar surface area (TPSA) is 90.7 Å². The van der Waals surface area contributed by atoms with Gasteiger partial charge in [0.05, 0.1) is 11.3 Å². The van der Waals surface area contributed by atoms with E-state index in [1.165, 1.54) is 0 Å². The molecule has 25 heavy (non-hydrogen) atoms. The summed E-state index contributed by atoms with van der Waals surface area (Å²) in [6, 6.07) is 19.9. The molecule has 1 aromatic heterocycles. The molecule has 1 amide bonds. The summed E-state index contributed by atoms with van der Waals surface area (Å²) in [5, 5.41) is 22.8. The molecule has 0 aliphatic carbocycles. The first kappa shape index (κ1) is 16.1. The number of rotatable bonds is 4. The number of carbonyl (C=O) groups excluding carboxylic acids is 1. The van der Waals surface area contributed by atoms with Gasteiger partial charge in [-0.15, -0.1) is 10.2 Å². The van der Waals surface area contributed by atoms with Crippen molar-refractivity contribution in [2.45, 2.75) is 6.92 Å². The third-order valence-electron chi connectivity index (χ3n) is 3.48. The van der Waals surface area contributed by atoms with Crippen molar-refractivity contribution >= 4 is 23.1 Å². The fourth-order valence-electron chi connectivity index (χ4n) is 2.27. The van der Waals surface area contributed by atoms with Crippen LogP contribution in [-0.4, -0.2) is 16.1 Å². The van der Waals surface area contributed by atoms with Gasteiger partial charge in [0.2, 0.25) is 0 Å². The maximum absolute atomic E-state index is 12.2. The predicted molar refractivity (Wildman–Crippen MR) is 95.6 cm³/mol. The van der Waals surface area contributed by atoms with Crippen LogP contribution >= 0.6 is 0 Å². The molecule has 0 saturated heterocycles. The van der Waals surface area contributed by atoms with Crippen molar-refractivity contribution in [2.75, 3.05) is 10.6 Å². The van der Waals surface area contributed by atoms with Crippen molar-refractivity contribution in [1.82, 2.24) is 10.2 Å². The Morgan fingerprint density at radius 3 is 2.60 bits per heavy atom. The number of hydrogen-bond donors (Lipinski definition) is 2. The second kappa shape index (κ2) is 7.23. The SMILES string of the molecule is Cc1cccc(NC(=O)c2ccc(Nc3ccccc3C#N)nn2)c1. The number of aryl methyl sites for hydroxylation is 1. The molecule has 3 rings (SSSR count). The van der Waals surface area contributed by atoms with Gasteiger partial charge in [0, 0.05) is 5.69 Å². The van der Waals surface area contributed by atoms with E-state index in [1.807, 2.05) is 37.3 Å². The highest BCUT2D eigenvalue weighted by Gasteiger charge is 2.09. The van der Waals surface area contributed by atoms with Crippen LogP contribution in [0.5, 0.6) is 0 Å². The number of nitrogens with zero attached hydrogens (tertiary/aromatic N) is 3. The second-order valence-electron chi connectivity index (χ2n) is 5.41. The van der Waals surface area contributed by atoms with Gasteiger partial charge in [0.1, 0.15) is 6.07 Å². The lowest BCUT2D eigenvalue weighted by Gasteiger charge is -2.08. The molecular weight excluding hydrogens is 314 g/mol. The van der Waals surface area contributed by atoms with Crippen molar-refractivity contribution in [3.05, 3.63) is 77.5 Å². The van der Waals surface area contributed by atoms with Gasteiger partial charge in [-0.2, -0.15) is 5.26 Å². The average molecular weight is 329 g/mol. The summed E-state index contributed by atoms with van der Waals surface area (Å²) in [5.74, 6) is 0.122. The van der Waals surface area contributed by atoms with E-state index in [2.05, 4.69) is 26.9 Å². The van der Waals surface area contributed by atoms with Crippen LogP contribution in [0, 0.1) is 18.3 Å². The molecule has 0 atom stereocenters. The van der Waals surface area contributed by atoms with Crippen molar-refractivity contribution in [3.63, 3.8) is 0 Å². The molecule has 0 aliphatic rings. The number of aromatic nitrogens is 2. The van der Waals surface area contributed by atoms with Gasteiger partial charge in [0.25, 0.3) is 5.91 Å². The Labute approximate surface area is 145 Å². The van der Waals surface area contributed by atoms with Crippen molar-refractivity contribution in [1.29, 1.82) is 5.26 Å². The lowest BCUT2D eigenvalue weighted by Crippen LogP contribution is -2.14. The average Bonchev–Trinajstić information content (AvgIpc) is 2.63. The molecule has 0 spiro atoms. The van der Waals surface area contributed by atoms with Gasteiger partial charge < -0.3 is 10.6 Å². The van der Waals surface area contributed by atoms with E-state index in [0.717, 1.165) is 5.56 Å². The van der Waals surface area contributed by atoms with Gasteiger partial charge in [-0.05, 0) is 48.9 Å². The minimum Gasteiger partial charge on any atom is -0.338 e. The number of nitriles is 1. The van der Waals surface area contributed by atoms with Crippen molar-refractivity contribution < 1.29 is 4.79 Å². The minimum atomic E-state index is -0.331. The smallest absolute Gasteiger partial charge is 0.276 e. The van der Waals surface area contributed by atoms with Crippen LogP contribution in [0.25, 0.3) is 0 Å². The summed E-state index contributed by atoms with van der Waals surface area (Å²) in [4.78, 5) is 12.2. The first-order valence-electron chi connectivity index (χ1n) is 7.63. The molecule has 6 heteroatoms. The summed E-state index contributed by atoms with van der Waals surface area (Å²) in [5.41, 5.74) is 3.11. The van der Waals surface area contributed by atoms with Crippen molar-refractivity contribution in [2.24, 2.45) is 0 Å². The summed E-state index contributed by atoms with van der Waals surface area (Å²) in [6.45, 7) is 1.95. The van der Waals surface area contributed by atoms with Crippen LogP contribution in [-0.2, 0) is 0 Å². The molecule has 6 nitrogen and oxygen atoms in total. The van der Waals surface area contributed by atoms with E-state index in [4.69, 9.17) is 5.26 Å². The van der Waals surface area contributed by atoms with E-state index in [1.54, 1.807) is 30.3 Å². The summed E-state index contributed by atoms with van der Waals surface area (Å²) in [6.07, 6.45) is 0. The van der Waals surface area contributed by atoms with Crippen LogP contribution in [0.15, 0.2) is 60.7 Å². The van der Waals surface area contributed by atoms with Crippen LogP contribution in [0.2, 0.25) is 0 Å². The molecule has 0 saturated carbocycles. The zero-order valence-corrected chi connectivity index (χ0v) is 13.5.